The molecule has 2 rings (SSSR count). The first-order chi connectivity index (χ1) is 8.29. The van der Waals surface area contributed by atoms with Crippen LogP contribution in [0.3, 0.4) is 0 Å². The number of nitrogens with zero attached hydrogens (tertiary/aromatic N) is 1. The minimum atomic E-state index is -4.28. The van der Waals surface area contributed by atoms with Crippen LogP contribution in [-0.2, 0) is 12.6 Å². The summed E-state index contributed by atoms with van der Waals surface area (Å²) in [6, 6.07) is 4.21. The number of rotatable bonds is 2. The third-order valence-electron chi connectivity index (χ3n) is 3.44. The molecule has 0 saturated carbocycles. The van der Waals surface area contributed by atoms with Gasteiger partial charge in [-0.05, 0) is 37.5 Å². The normalized spacial score (nSPS) is 21.0. The van der Waals surface area contributed by atoms with E-state index in [2.05, 4.69) is 0 Å². The summed E-state index contributed by atoms with van der Waals surface area (Å²) < 4.78 is 38.0. The van der Waals surface area contributed by atoms with Crippen LogP contribution in [0, 0.1) is 0 Å². The predicted octanol–water partition coefficient (Wildman–Crippen LogP) is 2.80. The van der Waals surface area contributed by atoms with Crippen LogP contribution in [0.5, 0.6) is 0 Å². The van der Waals surface area contributed by atoms with Crippen molar-refractivity contribution in [1.82, 2.24) is 0 Å². The summed E-state index contributed by atoms with van der Waals surface area (Å²) in [5, 5.41) is 0. The van der Waals surface area contributed by atoms with Crippen molar-refractivity contribution in [2.24, 2.45) is 5.73 Å². The summed E-state index contributed by atoms with van der Waals surface area (Å²) in [6.07, 6.45) is -2.73. The van der Waals surface area contributed by atoms with Crippen molar-refractivity contribution in [3.63, 3.8) is 0 Å². The fourth-order valence-corrected chi connectivity index (χ4v) is 2.50. The molecule has 2 atom stereocenters. The molecular formula is C13H17F3N2. The van der Waals surface area contributed by atoms with Gasteiger partial charge in [-0.2, -0.15) is 13.2 Å². The number of anilines is 1. The second kappa shape index (κ2) is 4.46. The molecule has 2 nitrogen and oxygen atoms in total. The SMILES string of the molecule is CC(N)CC1Cc2ccc(C(F)(F)F)cc2N1C. The quantitative estimate of drug-likeness (QED) is 0.883. The number of nitrogens with two attached hydrogens (primary N) is 1. The molecule has 2 N–H and O–H groups in total. The van der Waals surface area contributed by atoms with Gasteiger partial charge in [0.2, 0.25) is 0 Å². The molecule has 1 aromatic carbocycles. The Morgan fingerprint density at radius 2 is 2.11 bits per heavy atom. The molecule has 0 amide bonds. The van der Waals surface area contributed by atoms with Crippen molar-refractivity contribution < 1.29 is 13.2 Å². The Morgan fingerprint density at radius 3 is 2.67 bits per heavy atom. The van der Waals surface area contributed by atoms with Crippen molar-refractivity contribution in [2.45, 2.75) is 38.0 Å². The van der Waals surface area contributed by atoms with Gasteiger partial charge < -0.3 is 10.6 Å². The number of alkyl halides is 3. The van der Waals surface area contributed by atoms with E-state index in [1.807, 2.05) is 18.9 Å². The zero-order valence-electron chi connectivity index (χ0n) is 10.5. The Balaban J connectivity index is 2.27. The van der Waals surface area contributed by atoms with Gasteiger partial charge in [0, 0.05) is 24.8 Å². The summed E-state index contributed by atoms with van der Waals surface area (Å²) in [5.41, 5.74) is 6.82. The molecule has 0 radical (unpaired) electrons. The maximum absolute atomic E-state index is 12.7. The van der Waals surface area contributed by atoms with Crippen molar-refractivity contribution >= 4 is 5.69 Å². The Bertz CT molecular complexity index is 440. The average Bonchev–Trinajstić information content (AvgIpc) is 2.53. The minimum absolute atomic E-state index is 0.0499. The molecule has 0 spiro atoms. The second-order valence-electron chi connectivity index (χ2n) is 5.02. The first kappa shape index (κ1) is 13.2. The number of likely N-dealkylation sites (N-methyl/N-ethyl adjacent to an activating group) is 1. The number of halogens is 3. The van der Waals surface area contributed by atoms with Crippen LogP contribution in [0.25, 0.3) is 0 Å². The zero-order valence-corrected chi connectivity index (χ0v) is 10.5. The van der Waals surface area contributed by atoms with E-state index in [4.69, 9.17) is 5.73 Å². The van der Waals surface area contributed by atoms with E-state index in [9.17, 15) is 13.2 Å². The molecule has 1 aromatic rings. The molecule has 0 aromatic heterocycles. The highest BCUT2D eigenvalue weighted by molar-refractivity contribution is 5.60. The summed E-state index contributed by atoms with van der Waals surface area (Å²) >= 11 is 0. The Morgan fingerprint density at radius 1 is 1.44 bits per heavy atom. The number of benzene rings is 1. The third kappa shape index (κ3) is 2.46. The summed E-state index contributed by atoms with van der Waals surface area (Å²) in [4.78, 5) is 1.91. The summed E-state index contributed by atoms with van der Waals surface area (Å²) in [5.74, 6) is 0. The van der Waals surface area contributed by atoms with Crippen molar-refractivity contribution in [1.29, 1.82) is 0 Å². The van der Waals surface area contributed by atoms with Crippen molar-refractivity contribution in [3.05, 3.63) is 29.3 Å². The van der Waals surface area contributed by atoms with Gasteiger partial charge in [0.25, 0.3) is 0 Å². The summed E-state index contributed by atoms with van der Waals surface area (Å²) in [6.45, 7) is 1.91. The molecule has 1 aliphatic rings. The van der Waals surface area contributed by atoms with Gasteiger partial charge in [0.05, 0.1) is 5.56 Å². The van der Waals surface area contributed by atoms with E-state index in [0.717, 1.165) is 24.5 Å². The lowest BCUT2D eigenvalue weighted by Crippen LogP contribution is -2.33. The predicted molar refractivity (Wildman–Crippen MR) is 65.6 cm³/mol. The van der Waals surface area contributed by atoms with Gasteiger partial charge >= 0.3 is 6.18 Å². The molecule has 0 saturated heterocycles. The van der Waals surface area contributed by atoms with Gasteiger partial charge in [-0.3, -0.25) is 0 Å². The zero-order chi connectivity index (χ0) is 13.5. The van der Waals surface area contributed by atoms with E-state index in [1.165, 1.54) is 6.07 Å². The maximum Gasteiger partial charge on any atom is 0.416 e. The van der Waals surface area contributed by atoms with E-state index < -0.39 is 11.7 Å². The molecule has 18 heavy (non-hydrogen) atoms. The molecule has 0 bridgehead atoms. The van der Waals surface area contributed by atoms with Gasteiger partial charge in [0.15, 0.2) is 0 Å². The van der Waals surface area contributed by atoms with Crippen LogP contribution in [0.15, 0.2) is 18.2 Å². The molecule has 100 valence electrons. The first-order valence-electron chi connectivity index (χ1n) is 5.97. The van der Waals surface area contributed by atoms with Crippen LogP contribution < -0.4 is 10.6 Å². The second-order valence-corrected chi connectivity index (χ2v) is 5.02. The van der Waals surface area contributed by atoms with Crippen LogP contribution in [0.1, 0.15) is 24.5 Å². The fraction of sp³-hybridized carbons (Fsp3) is 0.538. The van der Waals surface area contributed by atoms with Crippen molar-refractivity contribution in [3.8, 4) is 0 Å². The lowest BCUT2D eigenvalue weighted by atomic mass is 10.0. The van der Waals surface area contributed by atoms with Gasteiger partial charge in [-0.15, -0.1) is 0 Å². The largest absolute Gasteiger partial charge is 0.416 e. The molecule has 2 unspecified atom stereocenters. The van der Waals surface area contributed by atoms with Crippen LogP contribution in [-0.4, -0.2) is 19.1 Å². The first-order valence-corrected chi connectivity index (χ1v) is 5.97. The third-order valence-corrected chi connectivity index (χ3v) is 3.44. The van der Waals surface area contributed by atoms with E-state index >= 15 is 0 Å². The highest BCUT2D eigenvalue weighted by Gasteiger charge is 2.34. The summed E-state index contributed by atoms with van der Waals surface area (Å²) in [7, 11) is 1.83. The Kier molecular flexibility index (Phi) is 3.27. The van der Waals surface area contributed by atoms with Crippen molar-refractivity contribution in [2.75, 3.05) is 11.9 Å². The number of hydrogen-bond acceptors (Lipinski definition) is 2. The van der Waals surface area contributed by atoms with Crippen LogP contribution in [0.2, 0.25) is 0 Å². The molecule has 1 aliphatic heterocycles. The maximum atomic E-state index is 12.7. The highest BCUT2D eigenvalue weighted by atomic mass is 19.4. The molecule has 0 aliphatic carbocycles. The highest BCUT2D eigenvalue weighted by Crippen LogP contribution is 2.38. The molecule has 0 fully saturated rings. The smallest absolute Gasteiger partial charge is 0.371 e. The fourth-order valence-electron chi connectivity index (χ4n) is 2.50. The van der Waals surface area contributed by atoms with E-state index in [0.29, 0.717) is 5.69 Å². The molecule has 1 heterocycles. The van der Waals surface area contributed by atoms with Gasteiger partial charge in [0.1, 0.15) is 0 Å². The number of fused-ring (bicyclic) bond motifs is 1. The number of hydrogen-bond donors (Lipinski definition) is 1. The molecule has 5 heteroatoms. The van der Waals surface area contributed by atoms with E-state index in [1.54, 1.807) is 6.07 Å². The monoisotopic (exact) mass is 258 g/mol. The Labute approximate surface area is 105 Å². The van der Waals surface area contributed by atoms with Gasteiger partial charge in [-0.1, -0.05) is 6.07 Å². The standard InChI is InChI=1S/C13H17F3N2/c1-8(17)5-11-6-9-3-4-10(13(14,15)16)7-12(9)18(11)2/h3-4,7-8,11H,5-6,17H2,1-2H3. The molecular weight excluding hydrogens is 241 g/mol. The van der Waals surface area contributed by atoms with Gasteiger partial charge in [-0.25, -0.2) is 0 Å². The lowest BCUT2D eigenvalue weighted by Gasteiger charge is -2.24. The average molecular weight is 258 g/mol. The van der Waals surface area contributed by atoms with E-state index in [-0.39, 0.29) is 12.1 Å². The minimum Gasteiger partial charge on any atom is -0.371 e. The van der Waals surface area contributed by atoms with Crippen LogP contribution >= 0.6 is 0 Å². The lowest BCUT2D eigenvalue weighted by molar-refractivity contribution is -0.137. The van der Waals surface area contributed by atoms with Crippen LogP contribution in [0.4, 0.5) is 18.9 Å². The Hall–Kier alpha value is -1.23. The topological polar surface area (TPSA) is 29.3 Å².